The average Bonchev–Trinajstić information content (AvgIpc) is 2.57. The molecule has 1 aromatic rings. The Kier molecular flexibility index (Phi) is 7.04. The van der Waals surface area contributed by atoms with E-state index in [1.165, 1.54) is 40.1 Å². The normalized spacial score (nSPS) is 13.0. The first-order valence-corrected chi connectivity index (χ1v) is 7.86. The van der Waals surface area contributed by atoms with Gasteiger partial charge in [-0.3, -0.25) is 9.59 Å². The van der Waals surface area contributed by atoms with Gasteiger partial charge in [-0.1, -0.05) is 0 Å². The van der Waals surface area contributed by atoms with Gasteiger partial charge in [-0.2, -0.15) is 11.8 Å². The van der Waals surface area contributed by atoms with E-state index in [-0.39, 0.29) is 5.91 Å². The van der Waals surface area contributed by atoms with E-state index in [1.54, 1.807) is 24.5 Å². The highest BCUT2D eigenvalue weighted by Crippen LogP contribution is 2.34. The van der Waals surface area contributed by atoms with Crippen molar-refractivity contribution in [3.05, 3.63) is 23.8 Å². The molecule has 0 aromatic heterocycles. The molecule has 0 radical (unpaired) electrons. The third-order valence-corrected chi connectivity index (χ3v) is 4.24. The van der Waals surface area contributed by atoms with E-state index < -0.39 is 17.1 Å². The molecule has 6 nitrogen and oxygen atoms in total. The van der Waals surface area contributed by atoms with Gasteiger partial charge in [-0.25, -0.2) is 0 Å². The first-order chi connectivity index (χ1) is 10.5. The van der Waals surface area contributed by atoms with E-state index in [9.17, 15) is 9.59 Å². The summed E-state index contributed by atoms with van der Waals surface area (Å²) >= 11 is 1.28. The smallest absolute Gasteiger partial charge is 0.314 e. The van der Waals surface area contributed by atoms with Crippen LogP contribution in [0.15, 0.2) is 18.2 Å². The van der Waals surface area contributed by atoms with Gasteiger partial charge < -0.3 is 19.5 Å². The van der Waals surface area contributed by atoms with Crippen molar-refractivity contribution in [1.82, 2.24) is 5.32 Å². The van der Waals surface area contributed by atoms with Crippen LogP contribution in [-0.4, -0.2) is 51.8 Å². The Balaban J connectivity index is 3.38. The topological polar surface area (TPSA) is 73.9 Å². The maximum Gasteiger partial charge on any atom is 0.314 e. The van der Waals surface area contributed by atoms with Crippen LogP contribution in [0.1, 0.15) is 11.5 Å². The molecule has 0 bridgehead atoms. The highest BCUT2D eigenvalue weighted by atomic mass is 32.2. The second-order valence-electron chi connectivity index (χ2n) is 4.42. The van der Waals surface area contributed by atoms with E-state index in [0.717, 1.165) is 0 Å². The number of esters is 1. The van der Waals surface area contributed by atoms with Crippen molar-refractivity contribution in [3.63, 3.8) is 0 Å². The van der Waals surface area contributed by atoms with E-state index in [4.69, 9.17) is 14.2 Å². The van der Waals surface area contributed by atoms with E-state index >= 15 is 0 Å². The van der Waals surface area contributed by atoms with Gasteiger partial charge in [-0.05, 0) is 24.0 Å². The number of carbonyl (C=O) groups excluding carboxylic acids is 2. The number of nitrogens with one attached hydrogen (secondary N) is 1. The number of carbonyl (C=O) groups is 2. The Hall–Kier alpha value is -1.89. The minimum Gasteiger partial charge on any atom is -0.497 e. The molecule has 7 heteroatoms. The van der Waals surface area contributed by atoms with Crippen molar-refractivity contribution in [2.24, 2.45) is 0 Å². The van der Waals surface area contributed by atoms with Crippen LogP contribution in [-0.2, 0) is 14.3 Å². The molecule has 122 valence electrons. The first kappa shape index (κ1) is 18.2. The third-order valence-electron chi connectivity index (χ3n) is 3.25. The molecule has 0 saturated carbocycles. The summed E-state index contributed by atoms with van der Waals surface area (Å²) in [6.45, 7) is 0. The molecule has 0 aliphatic heterocycles. The molecule has 0 aliphatic carbocycles. The van der Waals surface area contributed by atoms with Crippen LogP contribution in [0, 0.1) is 0 Å². The van der Waals surface area contributed by atoms with Crippen LogP contribution in [0.5, 0.6) is 11.5 Å². The minimum absolute atomic E-state index is 0.246. The van der Waals surface area contributed by atoms with Crippen LogP contribution >= 0.6 is 11.8 Å². The Morgan fingerprint density at radius 1 is 1.09 bits per heavy atom. The number of ether oxygens (including phenoxy) is 3. The summed E-state index contributed by atoms with van der Waals surface area (Å²) in [5.41, 5.74) is 0.603. The third kappa shape index (κ3) is 4.07. The lowest BCUT2D eigenvalue weighted by Crippen LogP contribution is -2.37. The highest BCUT2D eigenvalue weighted by Gasteiger charge is 2.35. The SMILES string of the molecule is CNC(=O)[C@@H](SC)[C@H](C(=O)OC)c1cc(OC)cc(OC)c1. The van der Waals surface area contributed by atoms with E-state index in [0.29, 0.717) is 17.1 Å². The number of methoxy groups -OCH3 is 3. The zero-order chi connectivity index (χ0) is 16.7. The van der Waals surface area contributed by atoms with Gasteiger partial charge in [-0.15, -0.1) is 0 Å². The summed E-state index contributed by atoms with van der Waals surface area (Å²) in [4.78, 5) is 24.3. The molecule has 0 unspecified atom stereocenters. The van der Waals surface area contributed by atoms with Crippen molar-refractivity contribution in [2.45, 2.75) is 11.2 Å². The number of benzene rings is 1. The molecule has 1 N–H and O–H groups in total. The van der Waals surface area contributed by atoms with E-state index in [1.807, 2.05) is 0 Å². The Morgan fingerprint density at radius 3 is 2.00 bits per heavy atom. The second kappa shape index (κ2) is 8.53. The van der Waals surface area contributed by atoms with Crippen molar-refractivity contribution in [3.8, 4) is 11.5 Å². The predicted molar refractivity (Wildman–Crippen MR) is 85.7 cm³/mol. The van der Waals surface area contributed by atoms with Gasteiger partial charge in [0, 0.05) is 13.1 Å². The molecule has 0 aliphatic rings. The lowest BCUT2D eigenvalue weighted by atomic mass is 9.94. The van der Waals surface area contributed by atoms with Gasteiger partial charge in [0.25, 0.3) is 0 Å². The van der Waals surface area contributed by atoms with Gasteiger partial charge >= 0.3 is 5.97 Å². The Labute approximate surface area is 134 Å². The Morgan fingerprint density at radius 2 is 1.64 bits per heavy atom. The zero-order valence-electron chi connectivity index (χ0n) is 13.3. The summed E-state index contributed by atoms with van der Waals surface area (Å²) in [6, 6.07) is 5.11. The van der Waals surface area contributed by atoms with Gasteiger partial charge in [0.05, 0.1) is 21.3 Å². The Bertz CT molecular complexity index is 512. The molecule has 1 aromatic carbocycles. The molecule has 0 fully saturated rings. The molecule has 0 spiro atoms. The van der Waals surface area contributed by atoms with Crippen LogP contribution in [0.4, 0.5) is 0 Å². The van der Waals surface area contributed by atoms with Crippen LogP contribution in [0.25, 0.3) is 0 Å². The van der Waals surface area contributed by atoms with Crippen LogP contribution in [0.3, 0.4) is 0 Å². The standard InChI is InChI=1S/C15H21NO5S/c1-16-14(17)13(22-5)12(15(18)21-4)9-6-10(19-2)8-11(7-9)20-3/h6-8,12-13H,1-5H3,(H,16,17)/t12-,13+/m1/s1. The summed E-state index contributed by atoms with van der Waals surface area (Å²) in [6.07, 6.45) is 1.77. The molecule has 0 heterocycles. The summed E-state index contributed by atoms with van der Waals surface area (Å²) in [7, 11) is 5.88. The van der Waals surface area contributed by atoms with Gasteiger partial charge in [0.1, 0.15) is 22.7 Å². The van der Waals surface area contributed by atoms with Crippen molar-refractivity contribution < 1.29 is 23.8 Å². The quantitative estimate of drug-likeness (QED) is 0.764. The molecule has 22 heavy (non-hydrogen) atoms. The van der Waals surface area contributed by atoms with Crippen molar-refractivity contribution in [1.29, 1.82) is 0 Å². The number of rotatable bonds is 7. The molecule has 0 saturated heterocycles. The van der Waals surface area contributed by atoms with Crippen LogP contribution < -0.4 is 14.8 Å². The van der Waals surface area contributed by atoms with Crippen molar-refractivity contribution in [2.75, 3.05) is 34.6 Å². The largest absolute Gasteiger partial charge is 0.497 e. The number of amides is 1. The van der Waals surface area contributed by atoms with Crippen LogP contribution in [0.2, 0.25) is 0 Å². The molecular formula is C15H21NO5S. The first-order valence-electron chi connectivity index (χ1n) is 6.57. The fourth-order valence-corrected chi connectivity index (χ4v) is 2.98. The number of thioether (sulfide) groups is 1. The monoisotopic (exact) mass is 327 g/mol. The lowest BCUT2D eigenvalue weighted by molar-refractivity contribution is -0.143. The maximum atomic E-state index is 12.2. The predicted octanol–water partition coefficient (Wildman–Crippen LogP) is 1.44. The molecule has 1 rings (SSSR count). The minimum atomic E-state index is -0.760. The summed E-state index contributed by atoms with van der Waals surface area (Å²) in [5, 5.41) is 1.96. The fraction of sp³-hybridized carbons (Fsp3) is 0.467. The van der Waals surface area contributed by atoms with Crippen molar-refractivity contribution >= 4 is 23.6 Å². The molecule has 2 atom stereocenters. The van der Waals surface area contributed by atoms with Gasteiger partial charge in [0.15, 0.2) is 0 Å². The number of hydrogen-bond acceptors (Lipinski definition) is 6. The average molecular weight is 327 g/mol. The summed E-state index contributed by atoms with van der Waals surface area (Å²) < 4.78 is 15.3. The summed E-state index contributed by atoms with van der Waals surface area (Å²) in [5.74, 6) is -0.410. The number of hydrogen-bond donors (Lipinski definition) is 1. The molecule has 1 amide bonds. The maximum absolute atomic E-state index is 12.2. The van der Waals surface area contributed by atoms with Gasteiger partial charge in [0.2, 0.25) is 5.91 Å². The lowest BCUT2D eigenvalue weighted by Gasteiger charge is -2.23. The molecular weight excluding hydrogens is 306 g/mol. The second-order valence-corrected chi connectivity index (χ2v) is 5.40. The van der Waals surface area contributed by atoms with E-state index in [2.05, 4.69) is 5.32 Å². The zero-order valence-corrected chi connectivity index (χ0v) is 14.2. The highest BCUT2D eigenvalue weighted by molar-refractivity contribution is 8.00. The fourth-order valence-electron chi connectivity index (χ4n) is 2.11.